The monoisotopic (exact) mass is 495 g/mol. The molecule has 3 unspecified atom stereocenters. The number of nitrogens with one attached hydrogen (secondary N) is 2. The van der Waals surface area contributed by atoms with E-state index in [4.69, 9.17) is 9.47 Å². The molecule has 2 N–H and O–H groups in total. The highest BCUT2D eigenvalue weighted by Gasteiger charge is 2.53. The van der Waals surface area contributed by atoms with E-state index >= 15 is 0 Å². The van der Waals surface area contributed by atoms with Crippen LogP contribution < -0.4 is 20.1 Å². The third-order valence-electron chi connectivity index (χ3n) is 8.72. The van der Waals surface area contributed by atoms with E-state index in [0.717, 1.165) is 43.7 Å². The lowest BCUT2D eigenvalue weighted by molar-refractivity contribution is 0.0825. The highest BCUT2D eigenvalue weighted by atomic mass is 19.1. The zero-order valence-electron chi connectivity index (χ0n) is 21.4. The maximum atomic E-state index is 13.6. The topological polar surface area (TPSA) is 62.8 Å². The van der Waals surface area contributed by atoms with E-state index in [1.165, 1.54) is 49.8 Å². The molecule has 2 aromatic rings. The van der Waals surface area contributed by atoms with Gasteiger partial charge in [-0.1, -0.05) is 31.4 Å². The maximum absolute atomic E-state index is 13.6. The minimum Gasteiger partial charge on any atom is -0.493 e. The summed E-state index contributed by atoms with van der Waals surface area (Å²) in [5.41, 5.74) is 1.81. The van der Waals surface area contributed by atoms with Crippen molar-refractivity contribution in [1.29, 1.82) is 0 Å². The maximum Gasteiger partial charge on any atom is 0.319 e. The summed E-state index contributed by atoms with van der Waals surface area (Å²) in [6.45, 7) is 1.09. The second-order valence-corrected chi connectivity index (χ2v) is 10.6. The SMILES string of the molecule is COc1ccc(C23CCC(NC(=O)Nc4cccc(F)c4)CC2N(C2CCCCC2)CC3)cc1OC. The van der Waals surface area contributed by atoms with Crippen LogP contribution in [0.3, 0.4) is 0 Å². The molecule has 6 nitrogen and oxygen atoms in total. The first-order valence-electron chi connectivity index (χ1n) is 13.3. The van der Waals surface area contributed by atoms with Gasteiger partial charge in [0.05, 0.1) is 14.2 Å². The van der Waals surface area contributed by atoms with E-state index < -0.39 is 0 Å². The number of hydrogen-bond acceptors (Lipinski definition) is 4. The third-order valence-corrected chi connectivity index (χ3v) is 8.72. The number of rotatable bonds is 6. The summed E-state index contributed by atoms with van der Waals surface area (Å²) in [6, 6.07) is 13.2. The van der Waals surface area contributed by atoms with Crippen molar-refractivity contribution in [2.45, 2.75) is 81.3 Å². The zero-order chi connectivity index (χ0) is 25.1. The second-order valence-electron chi connectivity index (χ2n) is 10.6. The summed E-state index contributed by atoms with van der Waals surface area (Å²) in [5, 5.41) is 5.99. The summed E-state index contributed by atoms with van der Waals surface area (Å²) in [7, 11) is 3.36. The van der Waals surface area contributed by atoms with Crippen molar-refractivity contribution in [3.63, 3.8) is 0 Å². The number of amides is 2. The number of benzene rings is 2. The molecule has 2 aliphatic carbocycles. The molecule has 1 aliphatic heterocycles. The van der Waals surface area contributed by atoms with E-state index in [2.05, 4.69) is 27.7 Å². The van der Waals surface area contributed by atoms with E-state index in [1.54, 1.807) is 26.4 Å². The fraction of sp³-hybridized carbons (Fsp3) is 0.552. The molecule has 2 amide bonds. The third kappa shape index (κ3) is 4.90. The van der Waals surface area contributed by atoms with Crippen LogP contribution in [0.25, 0.3) is 0 Å². The van der Waals surface area contributed by atoms with Gasteiger partial charge in [-0.3, -0.25) is 4.90 Å². The fourth-order valence-electron chi connectivity index (χ4n) is 6.97. The van der Waals surface area contributed by atoms with E-state index in [1.807, 2.05) is 6.07 Å². The van der Waals surface area contributed by atoms with Gasteiger partial charge in [-0.25, -0.2) is 9.18 Å². The average Bonchev–Trinajstić information content (AvgIpc) is 3.28. The standard InChI is InChI=1S/C29H38FN3O3/c1-35-25-12-11-20(17-26(25)36-2)29-14-13-23(32-28(34)31-22-8-6-7-21(30)18-22)19-27(29)33(16-15-29)24-9-4-3-5-10-24/h6-8,11-12,17-18,23-24,27H,3-5,9-10,13-16,19H2,1-2H3,(H2,31,32,34). The number of likely N-dealkylation sites (tertiary alicyclic amines) is 1. The first-order valence-corrected chi connectivity index (χ1v) is 13.3. The molecular weight excluding hydrogens is 457 g/mol. The lowest BCUT2D eigenvalue weighted by Crippen LogP contribution is -2.55. The molecule has 194 valence electrons. The molecule has 0 spiro atoms. The molecule has 2 aromatic carbocycles. The quantitative estimate of drug-likeness (QED) is 0.527. The first kappa shape index (κ1) is 24.9. The molecular formula is C29H38FN3O3. The lowest BCUT2D eigenvalue weighted by Gasteiger charge is -2.47. The number of fused-ring (bicyclic) bond motifs is 1. The summed E-state index contributed by atoms with van der Waals surface area (Å²) >= 11 is 0. The Kier molecular flexibility index (Phi) is 7.37. The van der Waals surface area contributed by atoms with Crippen LogP contribution in [0.4, 0.5) is 14.9 Å². The van der Waals surface area contributed by atoms with Gasteiger partial charge >= 0.3 is 6.03 Å². The van der Waals surface area contributed by atoms with Crippen LogP contribution in [0.2, 0.25) is 0 Å². The van der Waals surface area contributed by atoms with Crippen molar-refractivity contribution < 1.29 is 18.7 Å². The summed E-state index contributed by atoms with van der Waals surface area (Å²) in [5.74, 6) is 1.16. The van der Waals surface area contributed by atoms with Crippen LogP contribution in [0.5, 0.6) is 11.5 Å². The molecule has 3 atom stereocenters. The molecule has 0 radical (unpaired) electrons. The number of ether oxygens (including phenoxy) is 2. The number of halogens is 1. The van der Waals surface area contributed by atoms with Crippen LogP contribution in [-0.4, -0.2) is 49.8 Å². The molecule has 5 rings (SSSR count). The van der Waals surface area contributed by atoms with Crippen LogP contribution in [0.1, 0.15) is 63.4 Å². The van der Waals surface area contributed by atoms with E-state index in [9.17, 15) is 9.18 Å². The van der Waals surface area contributed by atoms with Gasteiger partial charge in [0, 0.05) is 29.2 Å². The Morgan fingerprint density at radius 1 is 1.00 bits per heavy atom. The van der Waals surface area contributed by atoms with Crippen molar-refractivity contribution in [2.75, 3.05) is 26.1 Å². The molecule has 3 fully saturated rings. The predicted octanol–water partition coefficient (Wildman–Crippen LogP) is 5.86. The van der Waals surface area contributed by atoms with Gasteiger partial charge in [0.25, 0.3) is 0 Å². The van der Waals surface area contributed by atoms with Gasteiger partial charge < -0.3 is 20.1 Å². The Hall–Kier alpha value is -2.80. The average molecular weight is 496 g/mol. The van der Waals surface area contributed by atoms with Crippen LogP contribution in [0, 0.1) is 5.82 Å². The van der Waals surface area contributed by atoms with E-state index in [-0.39, 0.29) is 23.3 Å². The Morgan fingerprint density at radius 3 is 2.56 bits per heavy atom. The molecule has 2 saturated carbocycles. The number of methoxy groups -OCH3 is 2. The van der Waals surface area contributed by atoms with Gasteiger partial charge in [-0.2, -0.15) is 0 Å². The van der Waals surface area contributed by atoms with Crippen molar-refractivity contribution in [1.82, 2.24) is 10.2 Å². The lowest BCUT2D eigenvalue weighted by atomic mass is 9.64. The number of carbonyl (C=O) groups is 1. The Labute approximate surface area is 213 Å². The van der Waals surface area contributed by atoms with Crippen LogP contribution in [0.15, 0.2) is 42.5 Å². The van der Waals surface area contributed by atoms with Gasteiger partial charge in [0.15, 0.2) is 11.5 Å². The summed E-state index contributed by atoms with van der Waals surface area (Å²) < 4.78 is 24.7. The molecule has 1 heterocycles. The van der Waals surface area contributed by atoms with Crippen molar-refractivity contribution in [3.8, 4) is 11.5 Å². The van der Waals surface area contributed by atoms with Crippen LogP contribution >= 0.6 is 0 Å². The first-order chi connectivity index (χ1) is 17.5. The number of anilines is 1. The van der Waals surface area contributed by atoms with Crippen LogP contribution in [-0.2, 0) is 5.41 Å². The highest BCUT2D eigenvalue weighted by Crippen LogP contribution is 2.51. The van der Waals surface area contributed by atoms with Crippen molar-refractivity contribution >= 4 is 11.7 Å². The van der Waals surface area contributed by atoms with Gasteiger partial charge in [0.1, 0.15) is 5.82 Å². The second kappa shape index (κ2) is 10.7. The fourth-order valence-corrected chi connectivity index (χ4v) is 6.97. The zero-order valence-corrected chi connectivity index (χ0v) is 21.4. The van der Waals surface area contributed by atoms with Crippen molar-refractivity contribution in [3.05, 3.63) is 53.8 Å². The summed E-state index contributed by atoms with van der Waals surface area (Å²) in [6.07, 6.45) is 10.4. The molecule has 36 heavy (non-hydrogen) atoms. The number of urea groups is 1. The smallest absolute Gasteiger partial charge is 0.319 e. The molecule has 3 aliphatic rings. The van der Waals surface area contributed by atoms with Gasteiger partial charge in [0.2, 0.25) is 0 Å². The summed E-state index contributed by atoms with van der Waals surface area (Å²) in [4.78, 5) is 15.5. The minimum absolute atomic E-state index is 0.0359. The number of hydrogen-bond donors (Lipinski definition) is 2. The molecule has 1 saturated heterocycles. The predicted molar refractivity (Wildman–Crippen MR) is 139 cm³/mol. The molecule has 7 heteroatoms. The van der Waals surface area contributed by atoms with Gasteiger partial charge in [-0.15, -0.1) is 0 Å². The largest absolute Gasteiger partial charge is 0.493 e. The number of nitrogens with zero attached hydrogens (tertiary/aromatic N) is 1. The number of carbonyl (C=O) groups excluding carboxylic acids is 1. The van der Waals surface area contributed by atoms with Gasteiger partial charge in [-0.05, 0) is 81.0 Å². The Morgan fingerprint density at radius 2 is 1.81 bits per heavy atom. The van der Waals surface area contributed by atoms with Crippen molar-refractivity contribution in [2.24, 2.45) is 0 Å². The normalized spacial score (nSPS) is 26.8. The highest BCUT2D eigenvalue weighted by molar-refractivity contribution is 5.89. The Balaban J connectivity index is 1.37. The molecule has 0 bridgehead atoms. The molecule has 0 aromatic heterocycles. The minimum atomic E-state index is -0.362. The Bertz CT molecular complexity index is 1070. The van der Waals surface area contributed by atoms with E-state index in [0.29, 0.717) is 17.8 Å².